The minimum Gasteiger partial charge on any atom is -0.496 e. The summed E-state index contributed by atoms with van der Waals surface area (Å²) >= 11 is 0. The zero-order valence-electron chi connectivity index (χ0n) is 21.3. The fourth-order valence-electron chi connectivity index (χ4n) is 5.33. The van der Waals surface area contributed by atoms with E-state index in [4.69, 9.17) is 4.74 Å². The van der Waals surface area contributed by atoms with E-state index in [1.165, 1.54) is 50.1 Å². The second-order valence-electron chi connectivity index (χ2n) is 9.26. The molecule has 0 amide bonds. The Morgan fingerprint density at radius 2 is 0.737 bits per heavy atom. The van der Waals surface area contributed by atoms with Crippen molar-refractivity contribution in [3.8, 4) is 5.75 Å². The smallest absolute Gasteiger partial charge is 0.126 e. The molecule has 0 radical (unpaired) electrons. The van der Waals surface area contributed by atoms with Gasteiger partial charge in [-0.15, -0.1) is 0 Å². The van der Waals surface area contributed by atoms with E-state index in [1.807, 2.05) is 12.1 Å². The van der Waals surface area contributed by atoms with Crippen LogP contribution in [0.4, 0.5) is 0 Å². The van der Waals surface area contributed by atoms with Crippen molar-refractivity contribution in [2.45, 2.75) is 0 Å². The number of ether oxygens (including phenoxy) is 1. The Labute approximate surface area is 224 Å². The molecule has 0 aliphatic heterocycles. The van der Waals surface area contributed by atoms with Crippen molar-refractivity contribution in [2.75, 3.05) is 7.11 Å². The fourth-order valence-corrected chi connectivity index (χ4v) is 5.33. The molecule has 0 N–H and O–H groups in total. The molecule has 1 heteroatoms. The molecule has 0 aromatic heterocycles. The fraction of sp³-hybridized carbons (Fsp3) is 0.0270. The summed E-state index contributed by atoms with van der Waals surface area (Å²) < 4.78 is 5.78. The zero-order valence-corrected chi connectivity index (χ0v) is 21.3. The first-order valence-corrected chi connectivity index (χ1v) is 12.9. The van der Waals surface area contributed by atoms with Crippen LogP contribution in [-0.4, -0.2) is 7.11 Å². The highest BCUT2D eigenvalue weighted by atomic mass is 16.5. The number of para-hydroxylation sites is 1. The Bertz CT molecular complexity index is 1540. The van der Waals surface area contributed by atoms with Crippen molar-refractivity contribution in [3.63, 3.8) is 0 Å². The van der Waals surface area contributed by atoms with Crippen LogP contribution in [0.5, 0.6) is 5.75 Å². The van der Waals surface area contributed by atoms with Crippen LogP contribution >= 0.6 is 0 Å². The first kappa shape index (κ1) is 23.5. The molecule has 1 aliphatic carbocycles. The monoisotopic (exact) mass is 488 g/mol. The highest BCUT2D eigenvalue weighted by Crippen LogP contribution is 2.55. The van der Waals surface area contributed by atoms with E-state index >= 15 is 0 Å². The summed E-state index contributed by atoms with van der Waals surface area (Å²) in [6, 6.07) is 51.2. The maximum atomic E-state index is 5.78. The normalized spacial score (nSPS) is 13.1. The average Bonchev–Trinajstić information content (AvgIpc) is 3.34. The Balaban J connectivity index is 1.78. The van der Waals surface area contributed by atoms with Gasteiger partial charge in [-0.2, -0.15) is 0 Å². The molecule has 182 valence electrons. The first-order chi connectivity index (χ1) is 18.8. The van der Waals surface area contributed by atoms with Gasteiger partial charge in [0.15, 0.2) is 0 Å². The number of hydrogen-bond donors (Lipinski definition) is 0. The lowest BCUT2D eigenvalue weighted by molar-refractivity contribution is 0.414. The minimum absolute atomic E-state index is 0.856. The molecule has 1 nitrogen and oxygen atoms in total. The summed E-state index contributed by atoms with van der Waals surface area (Å²) in [6.07, 6.45) is 2.29. The second kappa shape index (κ2) is 10.6. The lowest BCUT2D eigenvalue weighted by Gasteiger charge is -2.14. The van der Waals surface area contributed by atoms with Crippen LogP contribution in [-0.2, 0) is 0 Å². The summed E-state index contributed by atoms with van der Waals surface area (Å²) in [5.74, 6) is 0.856. The molecule has 38 heavy (non-hydrogen) atoms. The van der Waals surface area contributed by atoms with Gasteiger partial charge in [-0.05, 0) is 62.3 Å². The third-order valence-corrected chi connectivity index (χ3v) is 6.98. The van der Waals surface area contributed by atoms with Gasteiger partial charge in [-0.1, -0.05) is 140 Å². The van der Waals surface area contributed by atoms with E-state index in [0.29, 0.717) is 0 Å². The summed E-state index contributed by atoms with van der Waals surface area (Å²) in [5, 5.41) is 0. The van der Waals surface area contributed by atoms with Crippen LogP contribution < -0.4 is 4.74 Å². The summed E-state index contributed by atoms with van der Waals surface area (Å²) in [7, 11) is 1.73. The minimum atomic E-state index is 0.856. The van der Waals surface area contributed by atoms with Crippen LogP contribution in [0.25, 0.3) is 28.4 Å². The van der Waals surface area contributed by atoms with Gasteiger partial charge in [0.25, 0.3) is 0 Å². The third kappa shape index (κ3) is 4.40. The van der Waals surface area contributed by atoms with Crippen LogP contribution in [0.1, 0.15) is 27.8 Å². The molecule has 6 rings (SSSR count). The molecular weight excluding hydrogens is 460 g/mol. The molecule has 5 aromatic rings. The maximum Gasteiger partial charge on any atom is 0.126 e. The van der Waals surface area contributed by atoms with Crippen LogP contribution in [0.2, 0.25) is 0 Å². The van der Waals surface area contributed by atoms with Crippen LogP contribution in [0.15, 0.2) is 151 Å². The second-order valence-corrected chi connectivity index (χ2v) is 9.26. The van der Waals surface area contributed by atoms with Crippen LogP contribution in [0, 0.1) is 0 Å². The molecule has 0 bridgehead atoms. The quantitative estimate of drug-likeness (QED) is 0.231. The van der Waals surface area contributed by atoms with E-state index in [-0.39, 0.29) is 0 Å². The van der Waals surface area contributed by atoms with Crippen molar-refractivity contribution in [1.29, 1.82) is 0 Å². The molecule has 0 fully saturated rings. The Morgan fingerprint density at radius 3 is 1.13 bits per heavy atom. The van der Waals surface area contributed by atoms with E-state index in [0.717, 1.165) is 11.3 Å². The number of methoxy groups -OCH3 is 1. The lowest BCUT2D eigenvalue weighted by atomic mass is 9.89. The molecule has 0 heterocycles. The van der Waals surface area contributed by atoms with Crippen molar-refractivity contribution < 1.29 is 4.74 Å². The number of allylic oxidation sites excluding steroid dienone is 5. The van der Waals surface area contributed by atoms with Crippen molar-refractivity contribution in [1.82, 2.24) is 0 Å². The average molecular weight is 489 g/mol. The Hall–Kier alpha value is -4.88. The van der Waals surface area contributed by atoms with Crippen molar-refractivity contribution >= 4 is 28.4 Å². The molecule has 0 spiro atoms. The molecule has 0 saturated carbocycles. The van der Waals surface area contributed by atoms with E-state index in [9.17, 15) is 0 Å². The van der Waals surface area contributed by atoms with Crippen molar-refractivity contribution in [2.24, 2.45) is 0 Å². The lowest BCUT2D eigenvalue weighted by Crippen LogP contribution is -1.94. The van der Waals surface area contributed by atoms with Gasteiger partial charge in [0.1, 0.15) is 5.75 Å². The zero-order chi connectivity index (χ0) is 25.7. The molecular formula is C37H28O. The summed E-state index contributed by atoms with van der Waals surface area (Å²) in [4.78, 5) is 0. The molecule has 1 aliphatic rings. The van der Waals surface area contributed by atoms with Gasteiger partial charge in [-0.3, -0.25) is 0 Å². The number of rotatable bonds is 6. The van der Waals surface area contributed by atoms with Gasteiger partial charge < -0.3 is 4.74 Å². The Kier molecular flexibility index (Phi) is 6.57. The highest BCUT2D eigenvalue weighted by Gasteiger charge is 2.32. The van der Waals surface area contributed by atoms with Gasteiger partial charge >= 0.3 is 0 Å². The number of hydrogen-bond acceptors (Lipinski definition) is 1. The molecule has 5 aromatic carbocycles. The Morgan fingerprint density at radius 1 is 0.395 bits per heavy atom. The standard InChI is InChI=1S/C37H28O/c1-38-33-25-15-14-24-31(33)26-32-34(27-16-6-2-7-17-27)36(29-20-10-4-11-21-29)37(30-22-12-5-13-23-30)35(32)28-18-8-3-9-19-28/h2-26H,1H3. The largest absolute Gasteiger partial charge is 0.496 e. The highest BCUT2D eigenvalue weighted by molar-refractivity contribution is 6.35. The first-order valence-electron chi connectivity index (χ1n) is 12.9. The maximum absolute atomic E-state index is 5.78. The van der Waals surface area contributed by atoms with E-state index < -0.39 is 0 Å². The molecule has 0 unspecified atom stereocenters. The topological polar surface area (TPSA) is 9.23 Å². The van der Waals surface area contributed by atoms with Crippen LogP contribution in [0.3, 0.4) is 0 Å². The predicted octanol–water partition coefficient (Wildman–Crippen LogP) is 9.31. The van der Waals surface area contributed by atoms with Crippen molar-refractivity contribution in [3.05, 3.63) is 179 Å². The summed E-state index contributed by atoms with van der Waals surface area (Å²) in [5.41, 5.74) is 11.9. The summed E-state index contributed by atoms with van der Waals surface area (Å²) in [6.45, 7) is 0. The van der Waals surface area contributed by atoms with Gasteiger partial charge in [0.05, 0.1) is 7.11 Å². The van der Waals surface area contributed by atoms with Gasteiger partial charge in [0, 0.05) is 5.56 Å². The molecule has 0 saturated heterocycles. The van der Waals surface area contributed by atoms with E-state index in [2.05, 4.69) is 140 Å². The van der Waals surface area contributed by atoms with E-state index in [1.54, 1.807) is 7.11 Å². The van der Waals surface area contributed by atoms with Gasteiger partial charge in [0.2, 0.25) is 0 Å². The third-order valence-electron chi connectivity index (χ3n) is 6.98. The van der Waals surface area contributed by atoms with Gasteiger partial charge in [-0.25, -0.2) is 0 Å². The number of benzene rings is 5. The SMILES string of the molecule is COc1ccccc1C=C1C(c2ccccc2)=C(c2ccccc2)C(c2ccccc2)=C1c1ccccc1. The molecule has 0 atom stereocenters. The predicted molar refractivity (Wildman–Crippen MR) is 160 cm³/mol.